The van der Waals surface area contributed by atoms with Gasteiger partial charge >= 0.3 is 0 Å². The first-order valence-electron chi connectivity index (χ1n) is 6.82. The normalized spacial score (nSPS) is 18.6. The van der Waals surface area contributed by atoms with Crippen LogP contribution in [-0.4, -0.2) is 36.1 Å². The molecule has 0 spiro atoms. The number of piperidine rings is 1. The SMILES string of the molecule is CC(CNc1ncccc1Br)CN1CCCCC1. The van der Waals surface area contributed by atoms with Crippen LogP contribution in [0.1, 0.15) is 26.2 Å². The van der Waals surface area contributed by atoms with Gasteiger partial charge < -0.3 is 10.2 Å². The summed E-state index contributed by atoms with van der Waals surface area (Å²) in [5.41, 5.74) is 0. The standard InChI is InChI=1S/C14H22BrN3/c1-12(11-18-8-3-2-4-9-18)10-17-14-13(15)6-5-7-16-14/h5-7,12H,2-4,8-11H2,1H3,(H,16,17). The molecule has 3 nitrogen and oxygen atoms in total. The van der Waals surface area contributed by atoms with E-state index in [1.165, 1.54) is 38.9 Å². The van der Waals surface area contributed by atoms with Gasteiger partial charge in [-0.1, -0.05) is 13.3 Å². The Labute approximate surface area is 118 Å². The maximum Gasteiger partial charge on any atom is 0.140 e. The van der Waals surface area contributed by atoms with Gasteiger partial charge in [0.05, 0.1) is 4.47 Å². The molecule has 4 heteroatoms. The van der Waals surface area contributed by atoms with Gasteiger partial charge in [-0.05, 0) is 59.9 Å². The zero-order valence-electron chi connectivity index (χ0n) is 11.0. The molecule has 18 heavy (non-hydrogen) atoms. The number of halogens is 1. The fourth-order valence-electron chi connectivity index (χ4n) is 2.43. The lowest BCUT2D eigenvalue weighted by Crippen LogP contribution is -2.35. The molecule has 1 saturated heterocycles. The molecule has 100 valence electrons. The second-order valence-corrected chi connectivity index (χ2v) is 6.04. The third-order valence-electron chi connectivity index (χ3n) is 3.40. The van der Waals surface area contributed by atoms with Crippen LogP contribution in [0.4, 0.5) is 5.82 Å². The third-order valence-corrected chi connectivity index (χ3v) is 4.03. The van der Waals surface area contributed by atoms with Crippen molar-refractivity contribution in [2.24, 2.45) is 5.92 Å². The summed E-state index contributed by atoms with van der Waals surface area (Å²) in [4.78, 5) is 6.91. The first kappa shape index (κ1) is 13.8. The summed E-state index contributed by atoms with van der Waals surface area (Å²) in [5, 5.41) is 3.42. The number of rotatable bonds is 5. The summed E-state index contributed by atoms with van der Waals surface area (Å²) in [6, 6.07) is 3.96. The van der Waals surface area contributed by atoms with Crippen molar-refractivity contribution in [3.8, 4) is 0 Å². The van der Waals surface area contributed by atoms with E-state index in [2.05, 4.69) is 38.1 Å². The van der Waals surface area contributed by atoms with Crippen LogP contribution in [0.5, 0.6) is 0 Å². The maximum atomic E-state index is 4.33. The highest BCUT2D eigenvalue weighted by Crippen LogP contribution is 2.19. The van der Waals surface area contributed by atoms with E-state index in [-0.39, 0.29) is 0 Å². The highest BCUT2D eigenvalue weighted by atomic mass is 79.9. The van der Waals surface area contributed by atoms with E-state index in [0.29, 0.717) is 5.92 Å². The molecular weight excluding hydrogens is 290 g/mol. The minimum atomic E-state index is 0.650. The van der Waals surface area contributed by atoms with Crippen LogP contribution in [0.2, 0.25) is 0 Å². The summed E-state index contributed by atoms with van der Waals surface area (Å²) in [6.07, 6.45) is 5.96. The van der Waals surface area contributed by atoms with Crippen LogP contribution in [0.15, 0.2) is 22.8 Å². The highest BCUT2D eigenvalue weighted by Gasteiger charge is 2.13. The van der Waals surface area contributed by atoms with Gasteiger partial charge in [0.2, 0.25) is 0 Å². The predicted octanol–water partition coefficient (Wildman–Crippen LogP) is 3.38. The molecule has 1 aromatic heterocycles. The van der Waals surface area contributed by atoms with Crippen LogP contribution in [0, 0.1) is 5.92 Å². The molecule has 1 atom stereocenters. The van der Waals surface area contributed by atoms with Gasteiger partial charge in [-0.25, -0.2) is 4.98 Å². The van der Waals surface area contributed by atoms with E-state index < -0.39 is 0 Å². The Morgan fingerprint density at radius 3 is 2.89 bits per heavy atom. The number of aromatic nitrogens is 1. The van der Waals surface area contributed by atoms with Crippen molar-refractivity contribution < 1.29 is 0 Å². The molecule has 0 aliphatic carbocycles. The second kappa shape index (κ2) is 7.10. The Hall–Kier alpha value is -0.610. The number of nitrogens with zero attached hydrogens (tertiary/aromatic N) is 2. The second-order valence-electron chi connectivity index (χ2n) is 5.18. The van der Waals surface area contributed by atoms with E-state index in [4.69, 9.17) is 0 Å². The van der Waals surface area contributed by atoms with E-state index in [1.54, 1.807) is 0 Å². The van der Waals surface area contributed by atoms with Crippen LogP contribution in [0.3, 0.4) is 0 Å². The fraction of sp³-hybridized carbons (Fsp3) is 0.643. The molecule has 0 bridgehead atoms. The highest BCUT2D eigenvalue weighted by molar-refractivity contribution is 9.10. The van der Waals surface area contributed by atoms with Gasteiger partial charge in [-0.15, -0.1) is 0 Å². The Morgan fingerprint density at radius 2 is 2.17 bits per heavy atom. The first-order chi connectivity index (χ1) is 8.75. The van der Waals surface area contributed by atoms with Crippen molar-refractivity contribution in [3.05, 3.63) is 22.8 Å². The van der Waals surface area contributed by atoms with Crippen LogP contribution < -0.4 is 5.32 Å². The topological polar surface area (TPSA) is 28.2 Å². The Balaban J connectivity index is 1.74. The lowest BCUT2D eigenvalue weighted by Gasteiger charge is -2.29. The third kappa shape index (κ3) is 4.25. The van der Waals surface area contributed by atoms with Gasteiger partial charge in [0.15, 0.2) is 0 Å². The summed E-state index contributed by atoms with van der Waals surface area (Å²) < 4.78 is 1.04. The van der Waals surface area contributed by atoms with Crippen LogP contribution in [-0.2, 0) is 0 Å². The van der Waals surface area contributed by atoms with Crippen molar-refractivity contribution in [1.82, 2.24) is 9.88 Å². The van der Waals surface area contributed by atoms with E-state index in [0.717, 1.165) is 16.8 Å². The monoisotopic (exact) mass is 311 g/mol. The smallest absolute Gasteiger partial charge is 0.140 e. The van der Waals surface area contributed by atoms with Gasteiger partial charge in [-0.2, -0.15) is 0 Å². The number of hydrogen-bond acceptors (Lipinski definition) is 3. The number of nitrogens with one attached hydrogen (secondary N) is 1. The van der Waals surface area contributed by atoms with Gasteiger partial charge in [0.25, 0.3) is 0 Å². The predicted molar refractivity (Wildman–Crippen MR) is 79.9 cm³/mol. The zero-order chi connectivity index (χ0) is 12.8. The zero-order valence-corrected chi connectivity index (χ0v) is 12.6. The molecule has 1 unspecified atom stereocenters. The quantitative estimate of drug-likeness (QED) is 0.903. The minimum Gasteiger partial charge on any atom is -0.369 e. The molecular formula is C14H22BrN3. The molecule has 1 aromatic rings. The lowest BCUT2D eigenvalue weighted by molar-refractivity contribution is 0.204. The lowest BCUT2D eigenvalue weighted by atomic mass is 10.1. The Morgan fingerprint density at radius 1 is 1.39 bits per heavy atom. The van der Waals surface area contributed by atoms with Crippen molar-refractivity contribution in [2.45, 2.75) is 26.2 Å². The molecule has 1 aliphatic heterocycles. The molecule has 2 heterocycles. The molecule has 1 N–H and O–H groups in total. The molecule has 0 amide bonds. The molecule has 0 radical (unpaired) electrons. The molecule has 1 fully saturated rings. The van der Waals surface area contributed by atoms with Crippen LogP contribution >= 0.6 is 15.9 Å². The fourth-order valence-corrected chi connectivity index (χ4v) is 2.83. The Kier molecular flexibility index (Phi) is 5.45. The molecule has 2 rings (SSSR count). The van der Waals surface area contributed by atoms with E-state index in [9.17, 15) is 0 Å². The van der Waals surface area contributed by atoms with Crippen molar-refractivity contribution in [3.63, 3.8) is 0 Å². The molecule has 1 aliphatic rings. The van der Waals surface area contributed by atoms with Crippen molar-refractivity contribution in [2.75, 3.05) is 31.5 Å². The van der Waals surface area contributed by atoms with Crippen molar-refractivity contribution in [1.29, 1.82) is 0 Å². The van der Waals surface area contributed by atoms with E-state index >= 15 is 0 Å². The first-order valence-corrected chi connectivity index (χ1v) is 7.62. The summed E-state index contributed by atoms with van der Waals surface area (Å²) in [6.45, 7) is 7.03. The molecule has 0 saturated carbocycles. The molecule has 0 aromatic carbocycles. The summed E-state index contributed by atoms with van der Waals surface area (Å²) in [7, 11) is 0. The number of anilines is 1. The largest absolute Gasteiger partial charge is 0.369 e. The summed E-state index contributed by atoms with van der Waals surface area (Å²) >= 11 is 3.51. The maximum absolute atomic E-state index is 4.33. The Bertz CT molecular complexity index is 364. The van der Waals surface area contributed by atoms with Crippen LogP contribution in [0.25, 0.3) is 0 Å². The van der Waals surface area contributed by atoms with Gasteiger partial charge in [0.1, 0.15) is 5.82 Å². The number of pyridine rings is 1. The van der Waals surface area contributed by atoms with Gasteiger partial charge in [0, 0.05) is 19.3 Å². The summed E-state index contributed by atoms with van der Waals surface area (Å²) in [5.74, 6) is 1.60. The number of hydrogen-bond donors (Lipinski definition) is 1. The number of likely N-dealkylation sites (tertiary alicyclic amines) is 1. The average molecular weight is 312 g/mol. The average Bonchev–Trinajstić information content (AvgIpc) is 2.39. The van der Waals surface area contributed by atoms with Gasteiger partial charge in [-0.3, -0.25) is 0 Å². The van der Waals surface area contributed by atoms with E-state index in [1.807, 2.05) is 18.3 Å². The minimum absolute atomic E-state index is 0.650. The van der Waals surface area contributed by atoms with Crippen molar-refractivity contribution >= 4 is 21.7 Å².